The zero-order valence-corrected chi connectivity index (χ0v) is 14.0. The summed E-state index contributed by atoms with van der Waals surface area (Å²) in [6.07, 6.45) is 0. The van der Waals surface area contributed by atoms with Gasteiger partial charge in [-0.05, 0) is 45.0 Å². The van der Waals surface area contributed by atoms with Gasteiger partial charge < -0.3 is 0 Å². The zero-order chi connectivity index (χ0) is 17.6. The number of hydrogen-bond acceptors (Lipinski definition) is 2. The van der Waals surface area contributed by atoms with Gasteiger partial charge in [-0.15, -0.1) is 0 Å². The maximum absolute atomic E-state index is 12.5. The van der Waals surface area contributed by atoms with E-state index in [9.17, 15) is 9.59 Å². The second-order valence-electron chi connectivity index (χ2n) is 6.23. The number of carbonyl (C=O) groups excluding carboxylic acids is 2. The molecule has 24 heavy (non-hydrogen) atoms. The van der Waals surface area contributed by atoms with Crippen molar-refractivity contribution in [2.24, 2.45) is 0 Å². The van der Waals surface area contributed by atoms with Crippen molar-refractivity contribution in [1.82, 2.24) is 10.4 Å². The fraction of sp³-hybridized carbons (Fsp3) is 0.200. The first-order valence-electron chi connectivity index (χ1n) is 7.65. The van der Waals surface area contributed by atoms with Crippen LogP contribution in [0.5, 0.6) is 0 Å². The van der Waals surface area contributed by atoms with E-state index in [2.05, 4.69) is 17.3 Å². The van der Waals surface area contributed by atoms with Gasteiger partial charge in [0.15, 0.2) is 0 Å². The molecule has 4 heteroatoms. The molecule has 2 aromatic rings. The molecule has 122 valence electrons. The van der Waals surface area contributed by atoms with Gasteiger partial charge in [0.2, 0.25) is 0 Å². The minimum Gasteiger partial charge on any atom is -0.267 e. The summed E-state index contributed by atoms with van der Waals surface area (Å²) < 4.78 is 0. The smallest absolute Gasteiger partial charge is 0.267 e. The Hall–Kier alpha value is -3.06. The number of amides is 2. The molecule has 4 nitrogen and oxygen atoms in total. The van der Waals surface area contributed by atoms with E-state index in [1.807, 2.05) is 57.2 Å². The first-order valence-corrected chi connectivity index (χ1v) is 7.65. The van der Waals surface area contributed by atoms with E-state index in [0.29, 0.717) is 5.56 Å². The summed E-state index contributed by atoms with van der Waals surface area (Å²) in [7, 11) is 0. The number of hydrogen-bond donors (Lipinski definition) is 1. The van der Waals surface area contributed by atoms with Crippen LogP contribution in [0, 0.1) is 11.8 Å². The van der Waals surface area contributed by atoms with Gasteiger partial charge in [-0.25, -0.2) is 5.01 Å². The molecule has 0 saturated heterocycles. The van der Waals surface area contributed by atoms with Crippen LogP contribution >= 0.6 is 0 Å². The Morgan fingerprint density at radius 2 is 1.46 bits per heavy atom. The summed E-state index contributed by atoms with van der Waals surface area (Å²) in [6.45, 7) is 5.50. The third-order valence-corrected chi connectivity index (χ3v) is 3.21. The molecule has 0 heterocycles. The molecule has 0 radical (unpaired) electrons. The van der Waals surface area contributed by atoms with Gasteiger partial charge in [0.25, 0.3) is 5.91 Å². The van der Waals surface area contributed by atoms with Crippen LogP contribution in [-0.4, -0.2) is 22.4 Å². The van der Waals surface area contributed by atoms with Crippen molar-refractivity contribution in [2.75, 3.05) is 0 Å². The monoisotopic (exact) mass is 320 g/mol. The Morgan fingerprint density at radius 1 is 0.917 bits per heavy atom. The molecule has 0 spiro atoms. The largest absolute Gasteiger partial charge is 0.317 e. The summed E-state index contributed by atoms with van der Waals surface area (Å²) in [5.74, 6) is 4.59. The highest BCUT2D eigenvalue weighted by atomic mass is 16.2. The lowest BCUT2D eigenvalue weighted by Gasteiger charge is -2.33. The second-order valence-corrected chi connectivity index (χ2v) is 6.23. The molecule has 0 atom stereocenters. The summed E-state index contributed by atoms with van der Waals surface area (Å²) in [6, 6.07) is 18.0. The zero-order valence-electron chi connectivity index (χ0n) is 14.0. The molecule has 0 aliphatic heterocycles. The Balaban J connectivity index is 2.19. The lowest BCUT2D eigenvalue weighted by Crippen LogP contribution is -2.55. The van der Waals surface area contributed by atoms with Gasteiger partial charge in [-0.1, -0.05) is 42.3 Å². The number of nitrogens with zero attached hydrogens (tertiary/aromatic N) is 1. The molecule has 1 N–H and O–H groups in total. The lowest BCUT2D eigenvalue weighted by atomic mass is 10.1. The summed E-state index contributed by atoms with van der Waals surface area (Å²) in [4.78, 5) is 24.8. The number of nitrogens with one attached hydrogen (secondary N) is 1. The fourth-order valence-corrected chi connectivity index (χ4v) is 1.98. The van der Waals surface area contributed by atoms with Crippen LogP contribution in [0.25, 0.3) is 0 Å². The van der Waals surface area contributed by atoms with E-state index >= 15 is 0 Å². The Morgan fingerprint density at radius 3 is 2.00 bits per heavy atom. The highest BCUT2D eigenvalue weighted by molar-refractivity contribution is 5.99. The molecule has 2 amide bonds. The third kappa shape index (κ3) is 4.72. The minimum atomic E-state index is -0.604. The van der Waals surface area contributed by atoms with Crippen molar-refractivity contribution < 1.29 is 9.59 Å². The van der Waals surface area contributed by atoms with Gasteiger partial charge in [-0.2, -0.15) is 0 Å². The summed E-state index contributed by atoms with van der Waals surface area (Å²) >= 11 is 0. The van der Waals surface area contributed by atoms with Crippen LogP contribution in [-0.2, 0) is 4.79 Å². The van der Waals surface area contributed by atoms with Crippen molar-refractivity contribution in [2.45, 2.75) is 26.3 Å². The average molecular weight is 320 g/mol. The second kappa shape index (κ2) is 7.47. The van der Waals surface area contributed by atoms with Crippen LogP contribution < -0.4 is 5.43 Å². The Bertz CT molecular complexity index is 766. The van der Waals surface area contributed by atoms with Crippen LogP contribution in [0.15, 0.2) is 60.7 Å². The number of rotatable bonds is 1. The highest BCUT2D eigenvalue weighted by Gasteiger charge is 2.27. The van der Waals surface area contributed by atoms with Crippen molar-refractivity contribution in [3.05, 3.63) is 71.8 Å². The van der Waals surface area contributed by atoms with Crippen molar-refractivity contribution in [3.63, 3.8) is 0 Å². The first-order chi connectivity index (χ1) is 11.4. The van der Waals surface area contributed by atoms with E-state index in [1.54, 1.807) is 24.3 Å². The molecule has 0 unspecified atom stereocenters. The molecular formula is C20H20N2O2. The predicted octanol–water partition coefficient (Wildman–Crippen LogP) is 3.01. The average Bonchev–Trinajstić information content (AvgIpc) is 2.58. The van der Waals surface area contributed by atoms with Crippen LogP contribution in [0.2, 0.25) is 0 Å². The van der Waals surface area contributed by atoms with Crippen molar-refractivity contribution in [3.8, 4) is 11.8 Å². The molecule has 0 saturated carbocycles. The molecule has 0 aliphatic rings. The quantitative estimate of drug-likeness (QED) is 0.648. The van der Waals surface area contributed by atoms with Gasteiger partial charge >= 0.3 is 5.91 Å². The van der Waals surface area contributed by atoms with E-state index in [1.165, 1.54) is 5.01 Å². The van der Waals surface area contributed by atoms with Gasteiger partial charge in [0.1, 0.15) is 0 Å². The molecule has 0 aromatic heterocycles. The summed E-state index contributed by atoms with van der Waals surface area (Å²) in [5.41, 5.74) is 3.27. The fourth-order valence-electron chi connectivity index (χ4n) is 1.98. The van der Waals surface area contributed by atoms with Gasteiger partial charge in [0.05, 0.1) is 5.54 Å². The minimum absolute atomic E-state index is 0.347. The number of benzene rings is 2. The topological polar surface area (TPSA) is 49.4 Å². The van der Waals surface area contributed by atoms with E-state index in [4.69, 9.17) is 0 Å². The molecule has 0 aliphatic carbocycles. The molecule has 0 fully saturated rings. The molecule has 2 rings (SSSR count). The van der Waals surface area contributed by atoms with Gasteiger partial charge in [0, 0.05) is 17.0 Å². The maximum Gasteiger partial charge on any atom is 0.317 e. The molecule has 2 aromatic carbocycles. The van der Waals surface area contributed by atoms with Crippen LogP contribution in [0.3, 0.4) is 0 Å². The van der Waals surface area contributed by atoms with Crippen molar-refractivity contribution >= 4 is 11.8 Å². The van der Waals surface area contributed by atoms with E-state index in [-0.39, 0.29) is 5.91 Å². The van der Waals surface area contributed by atoms with Crippen LogP contribution in [0.4, 0.5) is 0 Å². The van der Waals surface area contributed by atoms with E-state index in [0.717, 1.165) is 5.56 Å². The Labute approximate surface area is 142 Å². The number of carbonyl (C=O) groups is 2. The van der Waals surface area contributed by atoms with Crippen LogP contribution in [0.1, 0.15) is 36.7 Å². The predicted molar refractivity (Wildman–Crippen MR) is 93.8 cm³/mol. The standard InChI is InChI=1S/C20H20N2O2/c1-20(2,3)22(21-19(24)17-12-8-5-9-13-17)18(23)15-14-16-10-6-4-7-11-16/h4-13H,1-3H3,(H,21,24). The molecule has 0 bridgehead atoms. The maximum atomic E-state index is 12.5. The number of hydrazine groups is 1. The third-order valence-electron chi connectivity index (χ3n) is 3.21. The van der Waals surface area contributed by atoms with E-state index < -0.39 is 11.4 Å². The Kier molecular flexibility index (Phi) is 5.39. The highest BCUT2D eigenvalue weighted by Crippen LogP contribution is 2.11. The first kappa shape index (κ1) is 17.3. The van der Waals surface area contributed by atoms with Gasteiger partial charge in [-0.3, -0.25) is 15.0 Å². The summed E-state index contributed by atoms with van der Waals surface area (Å²) in [5, 5.41) is 1.26. The van der Waals surface area contributed by atoms with Crippen molar-refractivity contribution in [1.29, 1.82) is 0 Å². The SMILES string of the molecule is CC(C)(C)N(NC(=O)c1ccccc1)C(=O)C#Cc1ccccc1. The normalized spacial score (nSPS) is 10.3. The molecular weight excluding hydrogens is 300 g/mol. The lowest BCUT2D eigenvalue weighted by molar-refractivity contribution is -0.132.